The lowest BCUT2D eigenvalue weighted by atomic mass is 9.95. The zero-order valence-electron chi connectivity index (χ0n) is 12.8. The van der Waals surface area contributed by atoms with Gasteiger partial charge in [-0.25, -0.2) is 0 Å². The molecule has 3 N–H and O–H groups in total. The minimum absolute atomic E-state index is 0. The first-order chi connectivity index (χ1) is 9.63. The number of likely N-dealkylation sites (tertiary alicyclic amines) is 1. The van der Waals surface area contributed by atoms with E-state index >= 15 is 0 Å². The molecular formula is C15H28ClN3O2. The molecule has 0 aromatic rings. The third-order valence-electron chi connectivity index (χ3n) is 4.70. The Morgan fingerprint density at radius 3 is 2.48 bits per heavy atom. The molecule has 0 spiro atoms. The minimum atomic E-state index is -0.417. The molecule has 21 heavy (non-hydrogen) atoms. The Morgan fingerprint density at radius 2 is 1.86 bits per heavy atom. The van der Waals surface area contributed by atoms with Crippen LogP contribution in [-0.2, 0) is 9.59 Å². The molecular weight excluding hydrogens is 290 g/mol. The number of nitrogens with one attached hydrogen (secondary N) is 1. The van der Waals surface area contributed by atoms with Crippen LogP contribution in [0, 0.1) is 11.8 Å². The first kappa shape index (κ1) is 18.2. The van der Waals surface area contributed by atoms with E-state index in [1.54, 1.807) is 6.92 Å². The molecule has 0 aromatic heterocycles. The molecule has 1 aliphatic heterocycles. The van der Waals surface area contributed by atoms with E-state index in [2.05, 4.69) is 5.32 Å². The number of amides is 2. The van der Waals surface area contributed by atoms with Gasteiger partial charge in [0.15, 0.2) is 0 Å². The van der Waals surface area contributed by atoms with Gasteiger partial charge in [0.2, 0.25) is 11.8 Å². The van der Waals surface area contributed by atoms with Crippen molar-refractivity contribution in [3.63, 3.8) is 0 Å². The van der Waals surface area contributed by atoms with Gasteiger partial charge in [0.25, 0.3) is 0 Å². The summed E-state index contributed by atoms with van der Waals surface area (Å²) >= 11 is 0. The quantitative estimate of drug-likeness (QED) is 0.820. The third kappa shape index (κ3) is 4.58. The lowest BCUT2D eigenvalue weighted by Crippen LogP contribution is -2.50. The molecule has 0 bridgehead atoms. The lowest BCUT2D eigenvalue weighted by Gasteiger charge is -2.30. The second-order valence-electron chi connectivity index (χ2n) is 6.15. The molecule has 2 fully saturated rings. The lowest BCUT2D eigenvalue weighted by molar-refractivity contribution is -0.138. The highest BCUT2D eigenvalue weighted by Crippen LogP contribution is 2.31. The molecule has 5 nitrogen and oxygen atoms in total. The Bertz CT molecular complexity index is 359. The van der Waals surface area contributed by atoms with Gasteiger partial charge in [0.1, 0.15) is 6.04 Å². The fraction of sp³-hybridized carbons (Fsp3) is 0.867. The maximum atomic E-state index is 12.3. The molecule has 1 aliphatic carbocycles. The van der Waals surface area contributed by atoms with Gasteiger partial charge in [0.05, 0.1) is 0 Å². The molecule has 1 heterocycles. The van der Waals surface area contributed by atoms with Gasteiger partial charge >= 0.3 is 0 Å². The van der Waals surface area contributed by atoms with Crippen LogP contribution in [0.25, 0.3) is 0 Å². The number of hydrogen-bond donors (Lipinski definition) is 2. The summed E-state index contributed by atoms with van der Waals surface area (Å²) in [7, 11) is 0. The summed E-state index contributed by atoms with van der Waals surface area (Å²) in [6, 6.07) is -0.417. The first-order valence-corrected chi connectivity index (χ1v) is 7.92. The largest absolute Gasteiger partial charge is 0.344 e. The van der Waals surface area contributed by atoms with Crippen LogP contribution >= 0.6 is 12.4 Å². The third-order valence-corrected chi connectivity index (χ3v) is 4.70. The highest BCUT2D eigenvalue weighted by molar-refractivity contribution is 5.88. The molecule has 0 radical (unpaired) electrons. The molecule has 2 aliphatic rings. The van der Waals surface area contributed by atoms with Crippen molar-refractivity contribution in [3.8, 4) is 0 Å². The second-order valence-corrected chi connectivity index (χ2v) is 6.15. The van der Waals surface area contributed by atoms with E-state index in [-0.39, 0.29) is 36.1 Å². The molecule has 1 saturated heterocycles. The van der Waals surface area contributed by atoms with E-state index in [1.165, 1.54) is 6.42 Å². The van der Waals surface area contributed by atoms with E-state index in [4.69, 9.17) is 5.73 Å². The van der Waals surface area contributed by atoms with Crippen LogP contribution in [-0.4, -0.2) is 42.4 Å². The zero-order valence-corrected chi connectivity index (χ0v) is 13.7. The maximum Gasteiger partial charge on any atom is 0.244 e. The summed E-state index contributed by atoms with van der Waals surface area (Å²) in [4.78, 5) is 26.4. The predicted octanol–water partition coefficient (Wildman–Crippen LogP) is 1.30. The number of halogens is 1. The van der Waals surface area contributed by atoms with Crippen LogP contribution in [0.5, 0.6) is 0 Å². The van der Waals surface area contributed by atoms with Gasteiger partial charge in [-0.3, -0.25) is 9.59 Å². The van der Waals surface area contributed by atoms with Crippen molar-refractivity contribution in [2.75, 3.05) is 19.6 Å². The van der Waals surface area contributed by atoms with Crippen molar-refractivity contribution < 1.29 is 9.59 Å². The summed E-state index contributed by atoms with van der Waals surface area (Å²) in [5, 5.41) is 2.90. The number of piperidine rings is 1. The summed E-state index contributed by atoms with van der Waals surface area (Å²) in [5.41, 5.74) is 5.71. The average molecular weight is 318 g/mol. The summed E-state index contributed by atoms with van der Waals surface area (Å²) in [6.07, 6.45) is 6.34. The SMILES string of the molecule is C[C@H](NC(=O)[C@@H]1CCC[C@@H]1CN)C(=O)N1CCCCC1.Cl. The summed E-state index contributed by atoms with van der Waals surface area (Å²) in [5.74, 6) is 0.347. The summed E-state index contributed by atoms with van der Waals surface area (Å²) < 4.78 is 0. The van der Waals surface area contributed by atoms with Crippen molar-refractivity contribution in [1.29, 1.82) is 0 Å². The van der Waals surface area contributed by atoms with Gasteiger partial charge in [-0.05, 0) is 51.5 Å². The van der Waals surface area contributed by atoms with E-state index in [9.17, 15) is 9.59 Å². The smallest absolute Gasteiger partial charge is 0.244 e. The molecule has 122 valence electrons. The van der Waals surface area contributed by atoms with Gasteiger partial charge in [-0.2, -0.15) is 0 Å². The Morgan fingerprint density at radius 1 is 1.19 bits per heavy atom. The van der Waals surface area contributed by atoms with Crippen molar-refractivity contribution in [3.05, 3.63) is 0 Å². The molecule has 0 unspecified atom stereocenters. The summed E-state index contributed by atoms with van der Waals surface area (Å²) in [6.45, 7) is 4.01. The Hall–Kier alpha value is -0.810. The van der Waals surface area contributed by atoms with Crippen molar-refractivity contribution in [2.45, 2.75) is 51.5 Å². The van der Waals surface area contributed by atoms with Crippen LogP contribution < -0.4 is 11.1 Å². The van der Waals surface area contributed by atoms with Gasteiger partial charge in [-0.15, -0.1) is 12.4 Å². The molecule has 0 aromatic carbocycles. The van der Waals surface area contributed by atoms with Crippen molar-refractivity contribution in [1.82, 2.24) is 10.2 Å². The number of nitrogens with zero attached hydrogens (tertiary/aromatic N) is 1. The Labute approximate surface area is 133 Å². The maximum absolute atomic E-state index is 12.3. The van der Waals surface area contributed by atoms with Crippen LogP contribution in [0.15, 0.2) is 0 Å². The highest BCUT2D eigenvalue weighted by atomic mass is 35.5. The molecule has 6 heteroatoms. The van der Waals surface area contributed by atoms with E-state index in [0.717, 1.165) is 45.2 Å². The predicted molar refractivity (Wildman–Crippen MR) is 85.2 cm³/mol. The molecule has 2 amide bonds. The molecule has 2 rings (SSSR count). The zero-order chi connectivity index (χ0) is 14.5. The number of carbonyl (C=O) groups excluding carboxylic acids is 2. The first-order valence-electron chi connectivity index (χ1n) is 7.92. The van der Waals surface area contributed by atoms with Gasteiger partial charge < -0.3 is 16.0 Å². The second kappa shape index (κ2) is 8.59. The Balaban J connectivity index is 0.00000220. The minimum Gasteiger partial charge on any atom is -0.344 e. The fourth-order valence-corrected chi connectivity index (χ4v) is 3.43. The van der Waals surface area contributed by atoms with Crippen molar-refractivity contribution >= 4 is 24.2 Å². The van der Waals surface area contributed by atoms with E-state index in [1.807, 2.05) is 4.90 Å². The van der Waals surface area contributed by atoms with Crippen molar-refractivity contribution in [2.24, 2.45) is 17.6 Å². The average Bonchev–Trinajstić information content (AvgIpc) is 2.95. The van der Waals surface area contributed by atoms with Crippen LogP contribution in [0.1, 0.15) is 45.4 Å². The molecule has 1 saturated carbocycles. The number of carbonyl (C=O) groups is 2. The topological polar surface area (TPSA) is 75.4 Å². The number of hydrogen-bond acceptors (Lipinski definition) is 3. The van der Waals surface area contributed by atoms with Gasteiger partial charge in [-0.1, -0.05) is 6.42 Å². The van der Waals surface area contributed by atoms with E-state index < -0.39 is 6.04 Å². The van der Waals surface area contributed by atoms with Crippen LogP contribution in [0.2, 0.25) is 0 Å². The molecule has 3 atom stereocenters. The fourth-order valence-electron chi connectivity index (χ4n) is 3.43. The standard InChI is InChI=1S/C15H27N3O2.ClH/c1-11(15(20)18-8-3-2-4-9-18)17-14(19)13-7-5-6-12(13)10-16;/h11-13H,2-10,16H2,1H3,(H,17,19);1H/t11-,12+,13+;/m0./s1. The van der Waals surface area contributed by atoms with Gasteiger partial charge in [0, 0.05) is 19.0 Å². The normalized spacial score (nSPS) is 26.9. The van der Waals surface area contributed by atoms with Crippen LogP contribution in [0.4, 0.5) is 0 Å². The number of nitrogens with two attached hydrogens (primary N) is 1. The monoisotopic (exact) mass is 317 g/mol. The Kier molecular flexibility index (Phi) is 7.46. The highest BCUT2D eigenvalue weighted by Gasteiger charge is 2.33. The van der Waals surface area contributed by atoms with E-state index in [0.29, 0.717) is 6.54 Å². The number of rotatable bonds is 4. The van der Waals surface area contributed by atoms with Crippen LogP contribution in [0.3, 0.4) is 0 Å².